The zero-order valence-electron chi connectivity index (χ0n) is 13.7. The Kier molecular flexibility index (Phi) is 5.66. The molecule has 0 bridgehead atoms. The molecule has 0 unspecified atom stereocenters. The van der Waals surface area contributed by atoms with Crippen molar-refractivity contribution < 1.29 is 4.79 Å². The van der Waals surface area contributed by atoms with E-state index in [1.54, 1.807) is 30.4 Å². The number of nitrogens with one attached hydrogen (secondary N) is 1. The van der Waals surface area contributed by atoms with Crippen molar-refractivity contribution in [2.24, 2.45) is 0 Å². The van der Waals surface area contributed by atoms with Crippen molar-refractivity contribution in [3.8, 4) is 0 Å². The maximum atomic E-state index is 12.2. The van der Waals surface area contributed by atoms with Gasteiger partial charge in [0.25, 0.3) is 0 Å². The molecule has 1 aromatic heterocycles. The zero-order chi connectivity index (χ0) is 16.8. The molecule has 0 aliphatic carbocycles. The fourth-order valence-electron chi connectivity index (χ4n) is 2.67. The second-order valence-electron chi connectivity index (χ2n) is 5.60. The number of nitrogens with zero attached hydrogens (tertiary/aromatic N) is 4. The fraction of sp³-hybridized carbons (Fsp3) is 0.353. The summed E-state index contributed by atoms with van der Waals surface area (Å²) in [6, 6.07) is 7.91. The van der Waals surface area contributed by atoms with Crippen molar-refractivity contribution in [2.75, 3.05) is 49.2 Å². The third-order valence-corrected chi connectivity index (χ3v) is 4.73. The minimum absolute atomic E-state index is 0.0276. The number of rotatable bonds is 5. The van der Waals surface area contributed by atoms with E-state index in [9.17, 15) is 4.79 Å². The monoisotopic (exact) mass is 343 g/mol. The van der Waals surface area contributed by atoms with Gasteiger partial charge in [0.05, 0.1) is 12.7 Å². The molecule has 7 heteroatoms. The number of thioether (sulfide) groups is 1. The molecule has 0 radical (unpaired) electrons. The molecule has 1 aliphatic heterocycles. The van der Waals surface area contributed by atoms with Crippen LogP contribution in [-0.4, -0.2) is 59.8 Å². The number of hydrogen-bond donors (Lipinski definition) is 1. The van der Waals surface area contributed by atoms with Crippen LogP contribution in [0.3, 0.4) is 0 Å². The molecule has 3 rings (SSSR count). The lowest BCUT2D eigenvalue weighted by atomic mass is 10.3. The summed E-state index contributed by atoms with van der Waals surface area (Å²) < 4.78 is 0. The van der Waals surface area contributed by atoms with Gasteiger partial charge >= 0.3 is 0 Å². The van der Waals surface area contributed by atoms with E-state index in [0.717, 1.165) is 37.7 Å². The first-order chi connectivity index (χ1) is 11.7. The van der Waals surface area contributed by atoms with Gasteiger partial charge in [-0.2, -0.15) is 0 Å². The summed E-state index contributed by atoms with van der Waals surface area (Å²) in [4.78, 5) is 26.2. The van der Waals surface area contributed by atoms with Gasteiger partial charge in [-0.1, -0.05) is 0 Å². The van der Waals surface area contributed by atoms with Crippen LogP contribution in [0, 0.1) is 0 Å². The maximum Gasteiger partial charge on any atom is 0.238 e. The highest BCUT2D eigenvalue weighted by Gasteiger charge is 2.19. The molecule has 1 N–H and O–H groups in total. The third-order valence-electron chi connectivity index (χ3n) is 3.99. The standard InChI is InChI=1S/C17H21N5OS/c1-24-15-4-2-14(3-5-15)20-17(23)13-21-8-10-22(11-9-21)16-12-18-6-7-19-16/h2-7,12H,8-11,13H2,1H3,(H,20,23). The average molecular weight is 343 g/mol. The zero-order valence-corrected chi connectivity index (χ0v) is 14.5. The minimum Gasteiger partial charge on any atom is -0.353 e. The van der Waals surface area contributed by atoms with Crippen molar-refractivity contribution in [1.29, 1.82) is 0 Å². The van der Waals surface area contributed by atoms with Gasteiger partial charge in [-0.3, -0.25) is 14.7 Å². The lowest BCUT2D eigenvalue weighted by Crippen LogP contribution is -2.48. The Morgan fingerprint density at radius 1 is 1.17 bits per heavy atom. The van der Waals surface area contributed by atoms with Gasteiger partial charge in [-0.25, -0.2) is 4.98 Å². The van der Waals surface area contributed by atoms with Crippen molar-refractivity contribution in [3.63, 3.8) is 0 Å². The van der Waals surface area contributed by atoms with E-state index in [1.807, 2.05) is 30.5 Å². The van der Waals surface area contributed by atoms with E-state index in [2.05, 4.69) is 25.1 Å². The van der Waals surface area contributed by atoms with E-state index in [0.29, 0.717) is 6.54 Å². The number of amides is 1. The minimum atomic E-state index is 0.0276. The molecule has 24 heavy (non-hydrogen) atoms. The highest BCUT2D eigenvalue weighted by atomic mass is 32.2. The topological polar surface area (TPSA) is 61.4 Å². The highest BCUT2D eigenvalue weighted by molar-refractivity contribution is 7.98. The molecule has 2 heterocycles. The largest absolute Gasteiger partial charge is 0.353 e. The first-order valence-electron chi connectivity index (χ1n) is 7.92. The van der Waals surface area contributed by atoms with Gasteiger partial charge in [-0.15, -0.1) is 11.8 Å². The van der Waals surface area contributed by atoms with Crippen molar-refractivity contribution in [2.45, 2.75) is 4.90 Å². The molecule has 2 aromatic rings. The Morgan fingerprint density at radius 3 is 2.54 bits per heavy atom. The van der Waals surface area contributed by atoms with Crippen LogP contribution >= 0.6 is 11.8 Å². The molecule has 6 nitrogen and oxygen atoms in total. The molecule has 1 aromatic carbocycles. The summed E-state index contributed by atoms with van der Waals surface area (Å²) in [7, 11) is 0. The number of benzene rings is 1. The molecule has 1 fully saturated rings. The van der Waals surface area contributed by atoms with Crippen molar-refractivity contribution in [1.82, 2.24) is 14.9 Å². The van der Waals surface area contributed by atoms with Crippen LogP contribution in [0.5, 0.6) is 0 Å². The molecule has 0 atom stereocenters. The summed E-state index contributed by atoms with van der Waals surface area (Å²) in [5.74, 6) is 0.926. The first kappa shape index (κ1) is 16.7. The van der Waals surface area contributed by atoms with Gasteiger partial charge in [0.2, 0.25) is 5.91 Å². The summed E-state index contributed by atoms with van der Waals surface area (Å²) in [5.41, 5.74) is 0.844. The normalized spacial score (nSPS) is 15.3. The Hall–Kier alpha value is -2.12. The summed E-state index contributed by atoms with van der Waals surface area (Å²) in [6.07, 6.45) is 7.20. The molecule has 1 saturated heterocycles. The van der Waals surface area contributed by atoms with Gasteiger partial charge in [0.15, 0.2) is 0 Å². The number of aromatic nitrogens is 2. The lowest BCUT2D eigenvalue weighted by molar-refractivity contribution is -0.117. The SMILES string of the molecule is CSc1ccc(NC(=O)CN2CCN(c3cnccn3)CC2)cc1. The van der Waals surface area contributed by atoms with Crippen molar-refractivity contribution >= 4 is 29.2 Å². The van der Waals surface area contributed by atoms with Gasteiger partial charge in [-0.05, 0) is 30.5 Å². The van der Waals surface area contributed by atoms with E-state index < -0.39 is 0 Å². The second kappa shape index (κ2) is 8.12. The maximum absolute atomic E-state index is 12.2. The second-order valence-corrected chi connectivity index (χ2v) is 6.48. The van der Waals surface area contributed by atoms with E-state index in [-0.39, 0.29) is 5.91 Å². The van der Waals surface area contributed by atoms with Gasteiger partial charge < -0.3 is 10.2 Å². The summed E-state index contributed by atoms with van der Waals surface area (Å²) in [6.45, 7) is 3.81. The predicted octanol–water partition coefficient (Wildman–Crippen LogP) is 1.96. The number of hydrogen-bond acceptors (Lipinski definition) is 6. The molecule has 0 saturated carbocycles. The molecule has 1 amide bonds. The van der Waals surface area contributed by atoms with Gasteiger partial charge in [0.1, 0.15) is 5.82 Å². The Balaban J connectivity index is 1.46. The van der Waals surface area contributed by atoms with E-state index >= 15 is 0 Å². The van der Waals surface area contributed by atoms with Crippen LogP contribution in [0.15, 0.2) is 47.8 Å². The third kappa shape index (κ3) is 4.46. The van der Waals surface area contributed by atoms with Crippen LogP contribution in [0.1, 0.15) is 0 Å². The Morgan fingerprint density at radius 2 is 1.92 bits per heavy atom. The smallest absolute Gasteiger partial charge is 0.238 e. The molecule has 0 spiro atoms. The predicted molar refractivity (Wildman–Crippen MR) is 97.5 cm³/mol. The van der Waals surface area contributed by atoms with Crippen LogP contribution in [0.4, 0.5) is 11.5 Å². The highest BCUT2D eigenvalue weighted by Crippen LogP contribution is 2.17. The van der Waals surface area contributed by atoms with Gasteiger partial charge in [0, 0.05) is 49.2 Å². The van der Waals surface area contributed by atoms with Crippen molar-refractivity contribution in [3.05, 3.63) is 42.9 Å². The number of carbonyl (C=O) groups excluding carboxylic acids is 1. The van der Waals surface area contributed by atoms with Crippen LogP contribution in [-0.2, 0) is 4.79 Å². The number of piperazine rings is 1. The van der Waals surface area contributed by atoms with Crippen LogP contribution in [0.2, 0.25) is 0 Å². The fourth-order valence-corrected chi connectivity index (χ4v) is 3.08. The molecule has 126 valence electrons. The van der Waals surface area contributed by atoms with Crippen LogP contribution < -0.4 is 10.2 Å². The van der Waals surface area contributed by atoms with Crippen LogP contribution in [0.25, 0.3) is 0 Å². The lowest BCUT2D eigenvalue weighted by Gasteiger charge is -2.34. The first-order valence-corrected chi connectivity index (χ1v) is 9.14. The quantitative estimate of drug-likeness (QED) is 0.838. The van der Waals surface area contributed by atoms with E-state index in [4.69, 9.17) is 0 Å². The number of anilines is 2. The number of carbonyl (C=O) groups is 1. The Bertz CT molecular complexity index is 656. The molecular weight excluding hydrogens is 322 g/mol. The molecular formula is C17H21N5OS. The Labute approximate surface area is 146 Å². The molecule has 1 aliphatic rings. The van der Waals surface area contributed by atoms with E-state index in [1.165, 1.54) is 4.90 Å². The summed E-state index contributed by atoms with van der Waals surface area (Å²) in [5, 5.41) is 2.96. The summed E-state index contributed by atoms with van der Waals surface area (Å²) >= 11 is 1.69. The average Bonchev–Trinajstić information content (AvgIpc) is 2.64.